The first-order valence-corrected chi connectivity index (χ1v) is 8.80. The molecule has 0 saturated heterocycles. The van der Waals surface area contributed by atoms with Crippen LogP contribution in [0, 0.1) is 12.8 Å². The van der Waals surface area contributed by atoms with Crippen molar-refractivity contribution in [3.05, 3.63) is 51.9 Å². The highest BCUT2D eigenvalue weighted by Crippen LogP contribution is 2.30. The summed E-state index contributed by atoms with van der Waals surface area (Å²) >= 11 is 1.65. The van der Waals surface area contributed by atoms with Crippen molar-refractivity contribution in [3.8, 4) is 5.75 Å². The summed E-state index contributed by atoms with van der Waals surface area (Å²) in [4.78, 5) is 13.9. The average molecular weight is 343 g/mol. The Hall–Kier alpha value is -2.27. The zero-order valence-corrected chi connectivity index (χ0v) is 15.1. The van der Waals surface area contributed by atoms with E-state index in [9.17, 15) is 4.79 Å². The third kappa shape index (κ3) is 3.04. The van der Waals surface area contributed by atoms with Gasteiger partial charge in [-0.05, 0) is 42.5 Å². The van der Waals surface area contributed by atoms with Crippen LogP contribution in [0.15, 0.2) is 40.1 Å². The molecule has 1 amide bonds. The number of ether oxygens (including phenoxy) is 1. The monoisotopic (exact) mass is 343 g/mol. The Morgan fingerprint density at radius 2 is 2.08 bits per heavy atom. The van der Waals surface area contributed by atoms with Crippen LogP contribution in [0.3, 0.4) is 0 Å². The van der Waals surface area contributed by atoms with Crippen molar-refractivity contribution in [1.29, 1.82) is 0 Å². The Kier molecular flexibility index (Phi) is 4.62. The molecule has 0 spiro atoms. The van der Waals surface area contributed by atoms with Gasteiger partial charge in [-0.15, -0.1) is 11.3 Å². The number of fused-ring (bicyclic) bond motifs is 1. The lowest BCUT2D eigenvalue weighted by Crippen LogP contribution is -2.31. The third-order valence-electron chi connectivity index (χ3n) is 4.15. The van der Waals surface area contributed by atoms with Gasteiger partial charge in [-0.3, -0.25) is 4.79 Å². The highest BCUT2D eigenvalue weighted by Gasteiger charge is 2.24. The number of thiophene rings is 1. The van der Waals surface area contributed by atoms with E-state index in [1.54, 1.807) is 18.4 Å². The molecule has 1 atom stereocenters. The summed E-state index contributed by atoms with van der Waals surface area (Å²) in [6.45, 7) is 6.09. The van der Waals surface area contributed by atoms with E-state index in [1.165, 1.54) is 0 Å². The largest absolute Gasteiger partial charge is 0.497 e. The molecule has 4 nitrogen and oxygen atoms in total. The first kappa shape index (κ1) is 16.6. The lowest BCUT2D eigenvalue weighted by Gasteiger charge is -2.20. The third-order valence-corrected chi connectivity index (χ3v) is 5.11. The fraction of sp³-hybridized carbons (Fsp3) is 0.316. The molecule has 24 heavy (non-hydrogen) atoms. The quantitative estimate of drug-likeness (QED) is 0.714. The molecule has 1 N–H and O–H groups in total. The first-order valence-electron chi connectivity index (χ1n) is 7.92. The van der Waals surface area contributed by atoms with Crippen molar-refractivity contribution in [2.75, 3.05) is 7.11 Å². The molecule has 0 radical (unpaired) electrons. The SMILES string of the molecule is COc1ccc2oc(C(=O)N[C@H](c3cccs3)C(C)C)c(C)c2c1. The summed E-state index contributed by atoms with van der Waals surface area (Å²) in [7, 11) is 1.62. The number of nitrogens with one attached hydrogen (secondary N) is 1. The Balaban J connectivity index is 1.92. The van der Waals surface area contributed by atoms with Gasteiger partial charge in [-0.25, -0.2) is 0 Å². The topological polar surface area (TPSA) is 51.5 Å². The zero-order chi connectivity index (χ0) is 17.3. The standard InChI is InChI=1S/C19H21NO3S/c1-11(2)17(16-6-5-9-24-16)20-19(21)18-12(3)14-10-13(22-4)7-8-15(14)23-18/h5-11,17H,1-4H3,(H,20,21)/t17-/m0/s1. The van der Waals surface area contributed by atoms with Gasteiger partial charge in [-0.2, -0.15) is 0 Å². The smallest absolute Gasteiger partial charge is 0.287 e. The second-order valence-electron chi connectivity index (χ2n) is 6.13. The number of rotatable bonds is 5. The molecule has 0 aliphatic rings. The number of furan rings is 1. The molecule has 0 bridgehead atoms. The number of benzene rings is 1. The second kappa shape index (κ2) is 6.69. The highest BCUT2D eigenvalue weighted by molar-refractivity contribution is 7.10. The molecular weight excluding hydrogens is 322 g/mol. The van der Waals surface area contributed by atoms with E-state index >= 15 is 0 Å². The van der Waals surface area contributed by atoms with Crippen LogP contribution in [0.1, 0.15) is 40.9 Å². The predicted octanol–water partition coefficient (Wildman–Crippen LogP) is 4.94. The van der Waals surface area contributed by atoms with E-state index in [0.717, 1.165) is 21.6 Å². The molecule has 0 saturated carbocycles. The minimum atomic E-state index is -0.185. The number of hydrogen-bond donors (Lipinski definition) is 1. The van der Waals surface area contributed by atoms with Crippen LogP contribution in [0.25, 0.3) is 11.0 Å². The average Bonchev–Trinajstić information content (AvgIpc) is 3.20. The summed E-state index contributed by atoms with van der Waals surface area (Å²) in [5.41, 5.74) is 1.52. The predicted molar refractivity (Wildman–Crippen MR) is 96.9 cm³/mol. The summed E-state index contributed by atoms with van der Waals surface area (Å²) in [6, 6.07) is 9.57. The van der Waals surface area contributed by atoms with Crippen molar-refractivity contribution >= 4 is 28.2 Å². The van der Waals surface area contributed by atoms with Crippen LogP contribution in [-0.2, 0) is 0 Å². The van der Waals surface area contributed by atoms with E-state index in [0.29, 0.717) is 11.3 Å². The molecule has 1 aromatic carbocycles. The van der Waals surface area contributed by atoms with Gasteiger partial charge in [0, 0.05) is 15.8 Å². The molecule has 126 valence electrons. The summed E-state index contributed by atoms with van der Waals surface area (Å²) in [5.74, 6) is 1.21. The molecule has 0 fully saturated rings. The summed E-state index contributed by atoms with van der Waals surface area (Å²) in [6.07, 6.45) is 0. The maximum Gasteiger partial charge on any atom is 0.287 e. The number of carbonyl (C=O) groups excluding carboxylic acids is 1. The maximum atomic E-state index is 12.8. The number of hydrogen-bond acceptors (Lipinski definition) is 4. The molecule has 5 heteroatoms. The van der Waals surface area contributed by atoms with E-state index in [-0.39, 0.29) is 17.9 Å². The van der Waals surface area contributed by atoms with Crippen molar-refractivity contribution in [2.45, 2.75) is 26.8 Å². The summed E-state index contributed by atoms with van der Waals surface area (Å²) in [5, 5.41) is 6.04. The zero-order valence-electron chi connectivity index (χ0n) is 14.3. The minimum Gasteiger partial charge on any atom is -0.497 e. The minimum absolute atomic E-state index is 0.0281. The maximum absolute atomic E-state index is 12.8. The van der Waals surface area contributed by atoms with Crippen LogP contribution in [-0.4, -0.2) is 13.0 Å². The van der Waals surface area contributed by atoms with Crippen molar-refractivity contribution in [3.63, 3.8) is 0 Å². The van der Waals surface area contributed by atoms with Crippen LogP contribution >= 0.6 is 11.3 Å². The molecule has 0 aliphatic carbocycles. The van der Waals surface area contributed by atoms with Gasteiger partial charge in [0.25, 0.3) is 5.91 Å². The van der Waals surface area contributed by atoms with E-state index in [2.05, 4.69) is 19.2 Å². The van der Waals surface area contributed by atoms with Crippen LogP contribution < -0.4 is 10.1 Å². The molecule has 0 unspecified atom stereocenters. The van der Waals surface area contributed by atoms with Gasteiger partial charge in [0.05, 0.1) is 13.2 Å². The second-order valence-corrected chi connectivity index (χ2v) is 7.11. The van der Waals surface area contributed by atoms with Crippen molar-refractivity contribution in [2.24, 2.45) is 5.92 Å². The molecule has 3 rings (SSSR count). The fourth-order valence-electron chi connectivity index (χ4n) is 2.78. The van der Waals surface area contributed by atoms with Gasteiger partial charge in [-0.1, -0.05) is 19.9 Å². The van der Waals surface area contributed by atoms with E-state index < -0.39 is 0 Å². The van der Waals surface area contributed by atoms with E-state index in [4.69, 9.17) is 9.15 Å². The number of methoxy groups -OCH3 is 1. The molecule has 2 aromatic heterocycles. The van der Waals surface area contributed by atoms with Crippen molar-refractivity contribution in [1.82, 2.24) is 5.32 Å². The van der Waals surface area contributed by atoms with Gasteiger partial charge in [0.1, 0.15) is 11.3 Å². The van der Waals surface area contributed by atoms with Crippen LogP contribution in [0.4, 0.5) is 0 Å². The lowest BCUT2D eigenvalue weighted by atomic mass is 10.0. The van der Waals surface area contributed by atoms with Crippen molar-refractivity contribution < 1.29 is 13.9 Å². The van der Waals surface area contributed by atoms with Gasteiger partial charge in [0.15, 0.2) is 5.76 Å². The normalized spacial score (nSPS) is 12.5. The number of carbonyl (C=O) groups is 1. The fourth-order valence-corrected chi connectivity index (χ4v) is 3.73. The Morgan fingerprint density at radius 3 is 2.71 bits per heavy atom. The molecular formula is C19H21NO3S. The van der Waals surface area contributed by atoms with Gasteiger partial charge in [0.2, 0.25) is 0 Å². The summed E-state index contributed by atoms with van der Waals surface area (Å²) < 4.78 is 11.0. The number of amides is 1. The number of aryl methyl sites for hydroxylation is 1. The molecule has 2 heterocycles. The first-order chi connectivity index (χ1) is 11.5. The highest BCUT2D eigenvalue weighted by atomic mass is 32.1. The Morgan fingerprint density at radius 1 is 1.29 bits per heavy atom. The van der Waals surface area contributed by atoms with Crippen LogP contribution in [0.5, 0.6) is 5.75 Å². The lowest BCUT2D eigenvalue weighted by molar-refractivity contribution is 0.0899. The van der Waals surface area contributed by atoms with Crippen LogP contribution in [0.2, 0.25) is 0 Å². The Bertz CT molecular complexity index is 849. The molecule has 0 aliphatic heterocycles. The molecule has 3 aromatic rings. The van der Waals surface area contributed by atoms with Gasteiger partial charge >= 0.3 is 0 Å². The van der Waals surface area contributed by atoms with E-state index in [1.807, 2.05) is 42.6 Å². The van der Waals surface area contributed by atoms with Gasteiger partial charge < -0.3 is 14.5 Å². The Labute approximate surface area is 145 Å².